The zero-order valence-corrected chi connectivity index (χ0v) is 16.1. The number of carbonyl (C=O) groups is 1. The Morgan fingerprint density at radius 2 is 1.96 bits per heavy atom. The Hall–Kier alpha value is -2.44. The summed E-state index contributed by atoms with van der Waals surface area (Å²) in [6, 6.07) is 14.9. The van der Waals surface area contributed by atoms with E-state index in [1.54, 1.807) is 24.1 Å². The van der Waals surface area contributed by atoms with Gasteiger partial charge in [0.2, 0.25) is 0 Å². The smallest absolute Gasteiger partial charge is 0.410 e. The molecule has 0 bridgehead atoms. The number of nitrogens with zero attached hydrogens (tertiary/aromatic N) is 1. The van der Waals surface area contributed by atoms with Gasteiger partial charge in [-0.1, -0.05) is 37.3 Å². The summed E-state index contributed by atoms with van der Waals surface area (Å²) in [6.07, 6.45) is 0.292. The monoisotopic (exact) mass is 372 g/mol. The Balaban J connectivity index is 2.16. The number of rotatable bonds is 7. The molecule has 0 aliphatic rings. The third kappa shape index (κ3) is 5.82. The van der Waals surface area contributed by atoms with E-state index in [1.807, 2.05) is 50.2 Å². The number of thiocarbonyl (C=S) groups is 1. The molecule has 0 unspecified atom stereocenters. The van der Waals surface area contributed by atoms with Crippen molar-refractivity contribution in [2.24, 2.45) is 0 Å². The molecule has 1 N–H and O–H groups in total. The number of carbonyl (C=O) groups excluding carboxylic acids is 1. The van der Waals surface area contributed by atoms with Crippen LogP contribution in [0.3, 0.4) is 0 Å². The molecule has 0 heterocycles. The van der Waals surface area contributed by atoms with E-state index in [1.165, 1.54) is 0 Å². The maximum absolute atomic E-state index is 12.7. The van der Waals surface area contributed by atoms with E-state index >= 15 is 0 Å². The zero-order valence-electron chi connectivity index (χ0n) is 15.3. The molecule has 2 aromatic carbocycles. The molecule has 138 valence electrons. The van der Waals surface area contributed by atoms with Gasteiger partial charge in [-0.3, -0.25) is 4.90 Å². The highest BCUT2D eigenvalue weighted by Gasteiger charge is 2.18. The van der Waals surface area contributed by atoms with Crippen molar-refractivity contribution >= 4 is 34.7 Å². The topological polar surface area (TPSA) is 50.8 Å². The quantitative estimate of drug-likeness (QED) is 0.708. The maximum Gasteiger partial charge on any atom is 0.419 e. The predicted octanol–water partition coefficient (Wildman–Crippen LogP) is 4.80. The molecule has 0 saturated heterocycles. The molecule has 6 heteroatoms. The van der Waals surface area contributed by atoms with Gasteiger partial charge in [0.25, 0.3) is 0 Å². The Morgan fingerprint density at radius 1 is 1.19 bits per heavy atom. The number of anilines is 2. The minimum atomic E-state index is -0.456. The summed E-state index contributed by atoms with van der Waals surface area (Å²) < 4.78 is 10.7. The lowest BCUT2D eigenvalue weighted by Gasteiger charge is -2.22. The van der Waals surface area contributed by atoms with Crippen molar-refractivity contribution in [2.75, 3.05) is 30.5 Å². The Bertz CT molecular complexity index is 764. The molecular formula is C20H24N2O3S. The number of amides is 1. The lowest BCUT2D eigenvalue weighted by Crippen LogP contribution is -2.36. The van der Waals surface area contributed by atoms with Gasteiger partial charge >= 0.3 is 6.09 Å². The minimum Gasteiger partial charge on any atom is -0.410 e. The molecule has 0 fully saturated rings. The average Bonchev–Trinajstić information content (AvgIpc) is 2.62. The van der Waals surface area contributed by atoms with Crippen LogP contribution in [0.5, 0.6) is 5.75 Å². The summed E-state index contributed by atoms with van der Waals surface area (Å²) in [5.41, 5.74) is 2.63. The van der Waals surface area contributed by atoms with E-state index in [4.69, 9.17) is 21.7 Å². The van der Waals surface area contributed by atoms with Crippen molar-refractivity contribution in [3.05, 3.63) is 54.1 Å². The molecule has 0 aliphatic carbocycles. The molecule has 0 atom stereocenters. The molecule has 5 nitrogen and oxygen atoms in total. The number of benzene rings is 2. The SMILES string of the molecule is CCC(=S)Nc1cccc(OC(=O)N(CCOC)c2cccc(C)c2)c1. The summed E-state index contributed by atoms with van der Waals surface area (Å²) in [6.45, 7) is 4.77. The van der Waals surface area contributed by atoms with Crippen LogP contribution in [0.1, 0.15) is 18.9 Å². The molecule has 1 amide bonds. The second-order valence-electron chi connectivity index (χ2n) is 5.78. The van der Waals surface area contributed by atoms with Crippen molar-refractivity contribution in [3.8, 4) is 5.75 Å². The summed E-state index contributed by atoms with van der Waals surface area (Å²) >= 11 is 5.19. The first kappa shape index (κ1) is 19.9. The number of methoxy groups -OCH3 is 1. The van der Waals surface area contributed by atoms with Crippen LogP contribution < -0.4 is 15.0 Å². The van der Waals surface area contributed by atoms with Crippen LogP contribution in [-0.4, -0.2) is 31.3 Å². The van der Waals surface area contributed by atoms with Gasteiger partial charge in [0.1, 0.15) is 5.75 Å². The number of hydrogen-bond donors (Lipinski definition) is 1. The van der Waals surface area contributed by atoms with Crippen LogP contribution in [0.2, 0.25) is 0 Å². The molecule has 0 spiro atoms. The highest BCUT2D eigenvalue weighted by molar-refractivity contribution is 7.80. The third-order valence-corrected chi connectivity index (χ3v) is 4.09. The van der Waals surface area contributed by atoms with E-state index in [9.17, 15) is 4.79 Å². The van der Waals surface area contributed by atoms with Gasteiger partial charge < -0.3 is 14.8 Å². The number of aryl methyl sites for hydroxylation is 1. The Labute approximate surface area is 159 Å². The van der Waals surface area contributed by atoms with Crippen LogP contribution in [0.25, 0.3) is 0 Å². The molecular weight excluding hydrogens is 348 g/mol. The van der Waals surface area contributed by atoms with E-state index in [0.29, 0.717) is 18.9 Å². The van der Waals surface area contributed by atoms with Gasteiger partial charge in [-0.25, -0.2) is 4.79 Å². The van der Waals surface area contributed by atoms with Gasteiger partial charge in [-0.2, -0.15) is 0 Å². The fraction of sp³-hybridized carbons (Fsp3) is 0.300. The molecule has 2 aromatic rings. The third-order valence-electron chi connectivity index (χ3n) is 3.70. The highest BCUT2D eigenvalue weighted by Crippen LogP contribution is 2.21. The first-order valence-electron chi connectivity index (χ1n) is 8.48. The molecule has 0 saturated carbocycles. The van der Waals surface area contributed by atoms with Crippen molar-refractivity contribution in [2.45, 2.75) is 20.3 Å². The van der Waals surface area contributed by atoms with Gasteiger partial charge in [-0.05, 0) is 43.2 Å². The predicted molar refractivity (Wildman–Crippen MR) is 109 cm³/mol. The largest absolute Gasteiger partial charge is 0.419 e. The molecule has 2 rings (SSSR count). The molecule has 26 heavy (non-hydrogen) atoms. The second kappa shape index (κ2) is 9.89. The van der Waals surface area contributed by atoms with Crippen LogP contribution in [0.15, 0.2) is 48.5 Å². The van der Waals surface area contributed by atoms with E-state index in [0.717, 1.165) is 28.3 Å². The summed E-state index contributed by atoms with van der Waals surface area (Å²) in [7, 11) is 1.60. The zero-order chi connectivity index (χ0) is 18.9. The Kier molecular flexibility index (Phi) is 7.56. The average molecular weight is 372 g/mol. The van der Waals surface area contributed by atoms with Gasteiger partial charge in [0.05, 0.1) is 18.1 Å². The van der Waals surface area contributed by atoms with Crippen molar-refractivity contribution in [1.29, 1.82) is 0 Å². The Morgan fingerprint density at radius 3 is 2.65 bits per heavy atom. The molecule has 0 aliphatic heterocycles. The molecule has 0 aromatic heterocycles. The van der Waals surface area contributed by atoms with Gasteiger partial charge in [0.15, 0.2) is 0 Å². The number of ether oxygens (including phenoxy) is 2. The normalized spacial score (nSPS) is 10.3. The lowest BCUT2D eigenvalue weighted by atomic mass is 10.2. The number of nitrogens with one attached hydrogen (secondary N) is 1. The van der Waals surface area contributed by atoms with Crippen molar-refractivity contribution in [3.63, 3.8) is 0 Å². The maximum atomic E-state index is 12.7. The first-order valence-corrected chi connectivity index (χ1v) is 8.89. The van der Waals surface area contributed by atoms with E-state index < -0.39 is 6.09 Å². The minimum absolute atomic E-state index is 0.399. The van der Waals surface area contributed by atoms with E-state index in [-0.39, 0.29) is 0 Å². The van der Waals surface area contributed by atoms with Crippen LogP contribution in [-0.2, 0) is 4.74 Å². The summed E-state index contributed by atoms with van der Waals surface area (Å²) in [4.78, 5) is 15.0. The number of hydrogen-bond acceptors (Lipinski definition) is 4. The van der Waals surface area contributed by atoms with Gasteiger partial charge in [-0.15, -0.1) is 0 Å². The lowest BCUT2D eigenvalue weighted by molar-refractivity contribution is 0.189. The molecule has 0 radical (unpaired) electrons. The fourth-order valence-corrected chi connectivity index (χ4v) is 2.46. The second-order valence-corrected chi connectivity index (χ2v) is 6.27. The van der Waals surface area contributed by atoms with Crippen molar-refractivity contribution < 1.29 is 14.3 Å². The van der Waals surface area contributed by atoms with Gasteiger partial charge in [0, 0.05) is 24.6 Å². The van der Waals surface area contributed by atoms with E-state index in [2.05, 4.69) is 5.32 Å². The van der Waals surface area contributed by atoms with Crippen LogP contribution in [0, 0.1) is 6.92 Å². The van der Waals surface area contributed by atoms with Crippen LogP contribution >= 0.6 is 12.2 Å². The fourth-order valence-electron chi connectivity index (χ4n) is 2.35. The summed E-state index contributed by atoms with van der Waals surface area (Å²) in [5.74, 6) is 0.453. The standard InChI is InChI=1S/C20H24N2O3S/c1-4-19(26)21-16-8-6-10-18(14-16)25-20(23)22(11-12-24-3)17-9-5-7-15(2)13-17/h5-10,13-14H,4,11-12H2,1-3H3,(H,21,26). The summed E-state index contributed by atoms with van der Waals surface area (Å²) in [5, 5.41) is 3.11. The first-order chi connectivity index (χ1) is 12.5. The van der Waals surface area contributed by atoms with Crippen LogP contribution in [0.4, 0.5) is 16.2 Å². The van der Waals surface area contributed by atoms with Crippen molar-refractivity contribution in [1.82, 2.24) is 0 Å². The highest BCUT2D eigenvalue weighted by atomic mass is 32.1.